The van der Waals surface area contributed by atoms with Crippen LogP contribution in [0.2, 0.25) is 0 Å². The van der Waals surface area contributed by atoms with E-state index in [0.29, 0.717) is 28.6 Å². The van der Waals surface area contributed by atoms with Crippen LogP contribution in [0.1, 0.15) is 113 Å². The molecule has 230 valence electrons. The van der Waals surface area contributed by atoms with Crippen molar-refractivity contribution in [3.05, 3.63) is 35.9 Å². The number of hydrogen-bond acceptors (Lipinski definition) is 4. The molecule has 0 aromatic heterocycles. The molecule has 5 aliphatic rings. The molecule has 0 saturated heterocycles. The molecule has 4 saturated carbocycles. The predicted octanol–water partition coefficient (Wildman–Crippen LogP) is 8.09. The van der Waals surface area contributed by atoms with Crippen LogP contribution in [-0.2, 0) is 9.59 Å². The average Bonchev–Trinajstić information content (AvgIpc) is 2.90. The van der Waals surface area contributed by atoms with Crippen LogP contribution in [0, 0.1) is 50.2 Å². The molecular weight excluding hydrogens is 520 g/mol. The van der Waals surface area contributed by atoms with E-state index in [1.807, 2.05) is 18.2 Å². The number of anilines is 1. The van der Waals surface area contributed by atoms with E-state index in [9.17, 15) is 9.59 Å². The number of ether oxygens (including phenoxy) is 1. The van der Waals surface area contributed by atoms with E-state index in [-0.39, 0.29) is 46.1 Å². The van der Waals surface area contributed by atoms with E-state index in [2.05, 4.69) is 59.9 Å². The third-order valence-corrected chi connectivity index (χ3v) is 14.2. The second-order valence-corrected chi connectivity index (χ2v) is 17.0. The highest BCUT2D eigenvalue weighted by molar-refractivity contribution is 5.95. The first-order valence-corrected chi connectivity index (χ1v) is 16.6. The van der Waals surface area contributed by atoms with Crippen molar-refractivity contribution in [2.75, 3.05) is 12.5 Å². The van der Waals surface area contributed by atoms with Crippen LogP contribution in [0.3, 0.4) is 0 Å². The smallest absolute Gasteiger partial charge is 0.228 e. The fraction of sp³-hybridized carbons (Fsp3) is 0.730. The average molecular weight is 575 g/mol. The van der Waals surface area contributed by atoms with Crippen molar-refractivity contribution in [1.82, 2.24) is 5.32 Å². The molecule has 4 fully saturated rings. The lowest BCUT2D eigenvalue weighted by Crippen LogP contribution is -2.65. The molecule has 5 nitrogen and oxygen atoms in total. The Balaban J connectivity index is 1.28. The van der Waals surface area contributed by atoms with E-state index in [1.165, 1.54) is 37.7 Å². The fourth-order valence-electron chi connectivity index (χ4n) is 11.5. The first-order valence-electron chi connectivity index (χ1n) is 16.6. The van der Waals surface area contributed by atoms with E-state index in [4.69, 9.17) is 10.5 Å². The molecule has 1 amide bonds. The Morgan fingerprint density at radius 2 is 1.71 bits per heavy atom. The Morgan fingerprint density at radius 1 is 0.976 bits per heavy atom. The van der Waals surface area contributed by atoms with Crippen LogP contribution in [0.4, 0.5) is 5.69 Å². The van der Waals surface area contributed by atoms with Crippen LogP contribution >= 0.6 is 0 Å². The molecule has 3 N–H and O–H groups in total. The summed E-state index contributed by atoms with van der Waals surface area (Å²) < 4.78 is 5.81. The standard InChI is InChI=1S/C37H54N2O3/c1-32(2)13-9-14-35(5)29(32)12-15-37(7)30(35)28(40)21-26-27-22-34(4,17-16-33(27,3)18-19-36(26,37)6)31(41)39-23-42-25-11-8-10-24(38)20-25/h8,10-11,20-21,27,29-30H,9,12-19,22-23,38H2,1-7H3,(H,39,41)/t27-,29?,30-,33-,34?,35+,36-,37-/m1/s1. The largest absolute Gasteiger partial charge is 0.473 e. The topological polar surface area (TPSA) is 81.4 Å². The molecule has 0 radical (unpaired) electrons. The molecule has 2 unspecified atom stereocenters. The van der Waals surface area contributed by atoms with Gasteiger partial charge in [0.15, 0.2) is 12.5 Å². The number of hydrogen-bond donors (Lipinski definition) is 2. The van der Waals surface area contributed by atoms with Gasteiger partial charge in [0.05, 0.1) is 0 Å². The first kappa shape index (κ1) is 29.8. The molecule has 0 bridgehead atoms. The van der Waals surface area contributed by atoms with Crippen molar-refractivity contribution >= 4 is 17.4 Å². The van der Waals surface area contributed by atoms with Crippen LogP contribution < -0.4 is 15.8 Å². The molecule has 0 spiro atoms. The SMILES string of the molecule is CC1(C(=O)NCOc2cccc(N)c2)CC[C@]2(C)CC[C@]3(C)C(=CC(=O)[C@@H]4[C@@]5(C)CCCC(C)(C)C5CC[C@]43C)[C@H]2C1. The fourth-order valence-corrected chi connectivity index (χ4v) is 11.5. The van der Waals surface area contributed by atoms with E-state index in [0.717, 1.165) is 32.1 Å². The van der Waals surface area contributed by atoms with Gasteiger partial charge in [-0.25, -0.2) is 0 Å². The third-order valence-electron chi connectivity index (χ3n) is 14.2. The van der Waals surface area contributed by atoms with Crippen molar-refractivity contribution in [3.63, 3.8) is 0 Å². The van der Waals surface area contributed by atoms with Gasteiger partial charge in [0.25, 0.3) is 0 Å². The van der Waals surface area contributed by atoms with Gasteiger partial charge in [0, 0.05) is 23.1 Å². The van der Waals surface area contributed by atoms with Crippen LogP contribution in [0.5, 0.6) is 5.75 Å². The number of rotatable bonds is 4. The molecule has 1 aromatic carbocycles. The van der Waals surface area contributed by atoms with E-state index < -0.39 is 5.41 Å². The number of nitrogen functional groups attached to an aromatic ring is 1. The summed E-state index contributed by atoms with van der Waals surface area (Å²) in [5, 5.41) is 3.07. The number of fused-ring (bicyclic) bond motifs is 7. The van der Waals surface area contributed by atoms with Gasteiger partial charge < -0.3 is 15.8 Å². The maximum Gasteiger partial charge on any atom is 0.228 e. The summed E-state index contributed by atoms with van der Waals surface area (Å²) in [5.41, 5.74) is 7.80. The van der Waals surface area contributed by atoms with Gasteiger partial charge in [-0.1, -0.05) is 66.5 Å². The van der Waals surface area contributed by atoms with Crippen LogP contribution in [0.25, 0.3) is 0 Å². The summed E-state index contributed by atoms with van der Waals surface area (Å²) in [6.45, 7) is 17.0. The summed E-state index contributed by atoms with van der Waals surface area (Å²) in [5.74, 6) is 2.01. The normalized spacial score (nSPS) is 44.0. The Morgan fingerprint density at radius 3 is 2.45 bits per heavy atom. The number of ketones is 1. The summed E-state index contributed by atoms with van der Waals surface area (Å²) in [6.07, 6.45) is 13.1. The number of nitrogens with one attached hydrogen (secondary N) is 1. The maximum atomic E-state index is 14.5. The zero-order chi connectivity index (χ0) is 30.3. The van der Waals surface area contributed by atoms with Gasteiger partial charge in [0.2, 0.25) is 5.91 Å². The maximum absolute atomic E-state index is 14.5. The summed E-state index contributed by atoms with van der Waals surface area (Å²) in [7, 11) is 0. The Labute approximate surface area is 253 Å². The summed E-state index contributed by atoms with van der Waals surface area (Å²) in [6, 6.07) is 7.29. The molecule has 8 atom stereocenters. The van der Waals surface area contributed by atoms with Gasteiger partial charge in [-0.15, -0.1) is 0 Å². The van der Waals surface area contributed by atoms with E-state index in [1.54, 1.807) is 6.07 Å². The third kappa shape index (κ3) is 4.22. The number of allylic oxidation sites excluding steroid dienone is 2. The summed E-state index contributed by atoms with van der Waals surface area (Å²) >= 11 is 0. The van der Waals surface area contributed by atoms with Gasteiger partial charge in [-0.3, -0.25) is 9.59 Å². The lowest BCUT2D eigenvalue weighted by atomic mass is 9.33. The van der Waals surface area contributed by atoms with Crippen molar-refractivity contribution in [2.24, 2.45) is 50.2 Å². The van der Waals surface area contributed by atoms with Gasteiger partial charge in [-0.05, 0) is 115 Å². The van der Waals surface area contributed by atoms with Crippen molar-refractivity contribution in [1.29, 1.82) is 0 Å². The highest BCUT2D eigenvalue weighted by atomic mass is 16.5. The number of carbonyl (C=O) groups excluding carboxylic acids is 2. The minimum atomic E-state index is -0.500. The van der Waals surface area contributed by atoms with Crippen LogP contribution in [-0.4, -0.2) is 18.4 Å². The zero-order valence-corrected chi connectivity index (χ0v) is 27.2. The van der Waals surface area contributed by atoms with Crippen molar-refractivity contribution < 1.29 is 14.3 Å². The molecule has 1 aromatic rings. The minimum absolute atomic E-state index is 0.0175. The lowest BCUT2D eigenvalue weighted by molar-refractivity contribution is -0.185. The molecule has 6 rings (SSSR count). The van der Waals surface area contributed by atoms with Gasteiger partial charge in [0.1, 0.15) is 5.75 Å². The first-order chi connectivity index (χ1) is 19.6. The number of nitrogens with two attached hydrogens (primary N) is 1. The highest BCUT2D eigenvalue weighted by Gasteiger charge is 2.69. The minimum Gasteiger partial charge on any atom is -0.473 e. The highest BCUT2D eigenvalue weighted by Crippen LogP contribution is 2.75. The van der Waals surface area contributed by atoms with Gasteiger partial charge in [-0.2, -0.15) is 0 Å². The number of benzene rings is 1. The van der Waals surface area contributed by atoms with Crippen LogP contribution in [0.15, 0.2) is 35.9 Å². The molecule has 0 heterocycles. The molecule has 5 aliphatic carbocycles. The monoisotopic (exact) mass is 574 g/mol. The summed E-state index contributed by atoms with van der Waals surface area (Å²) in [4.78, 5) is 28.2. The zero-order valence-electron chi connectivity index (χ0n) is 27.2. The Kier molecular flexibility index (Phi) is 6.80. The molecule has 42 heavy (non-hydrogen) atoms. The van der Waals surface area contributed by atoms with Crippen molar-refractivity contribution in [2.45, 2.75) is 113 Å². The quantitative estimate of drug-likeness (QED) is 0.281. The Bertz CT molecular complexity index is 1320. The lowest BCUT2D eigenvalue weighted by Gasteiger charge is -2.70. The van der Waals surface area contributed by atoms with E-state index >= 15 is 0 Å². The molecular formula is C37H54N2O3. The number of amides is 1. The second kappa shape index (κ2) is 9.60. The predicted molar refractivity (Wildman–Crippen MR) is 169 cm³/mol. The molecule has 0 aliphatic heterocycles. The van der Waals surface area contributed by atoms with Gasteiger partial charge >= 0.3 is 0 Å². The van der Waals surface area contributed by atoms with Crippen molar-refractivity contribution in [3.8, 4) is 5.75 Å². The second-order valence-electron chi connectivity index (χ2n) is 17.0. The number of carbonyl (C=O) groups is 2. The Hall–Kier alpha value is -2.30. The molecule has 5 heteroatoms.